The van der Waals surface area contributed by atoms with E-state index in [2.05, 4.69) is 48.4 Å². The van der Waals surface area contributed by atoms with Gasteiger partial charge in [-0.3, -0.25) is 0 Å². The molecule has 0 spiro atoms. The average molecular weight is 346 g/mol. The second kappa shape index (κ2) is 8.28. The highest BCUT2D eigenvalue weighted by molar-refractivity contribution is 8.03. The van der Waals surface area contributed by atoms with E-state index in [0.717, 1.165) is 33.4 Å². The maximum atomic E-state index is 8.78. The largest absolute Gasteiger partial charge is 0.185 e. The third kappa shape index (κ3) is 4.68. The molecule has 1 aliphatic rings. The highest BCUT2D eigenvalue weighted by atomic mass is 32.2. The van der Waals surface area contributed by atoms with Crippen molar-refractivity contribution in [2.75, 3.05) is 0 Å². The Labute approximate surface area is 155 Å². The monoisotopic (exact) mass is 345 g/mol. The quantitative estimate of drug-likeness (QED) is 0.364. The average Bonchev–Trinajstić information content (AvgIpc) is 2.63. The first kappa shape index (κ1) is 17.7. The Balaban J connectivity index is 1.69. The first-order chi connectivity index (χ1) is 12.2. The number of nitriles is 1. The summed E-state index contributed by atoms with van der Waals surface area (Å²) >= 11 is 1.20. The van der Waals surface area contributed by atoms with Gasteiger partial charge in [-0.2, -0.15) is 5.26 Å². The van der Waals surface area contributed by atoms with Gasteiger partial charge in [-0.25, -0.2) is 0 Å². The van der Waals surface area contributed by atoms with Crippen LogP contribution in [-0.2, 0) is 0 Å². The second-order valence-corrected chi connectivity index (χ2v) is 7.83. The molecule has 0 aliphatic heterocycles. The number of hydrogen-bond acceptors (Lipinski definition) is 2. The number of nitrogens with zero attached hydrogens (tertiary/aromatic N) is 1. The Morgan fingerprint density at radius 3 is 2.20 bits per heavy atom. The zero-order valence-corrected chi connectivity index (χ0v) is 15.7. The zero-order chi connectivity index (χ0) is 17.6. The minimum atomic E-state index is 0.728. The maximum Gasteiger partial charge on any atom is 0.138 e. The Morgan fingerprint density at radius 1 is 0.920 bits per heavy atom. The van der Waals surface area contributed by atoms with Gasteiger partial charge in [0.15, 0.2) is 0 Å². The van der Waals surface area contributed by atoms with Gasteiger partial charge >= 0.3 is 0 Å². The lowest BCUT2D eigenvalue weighted by Crippen LogP contribution is -2.10. The summed E-state index contributed by atoms with van der Waals surface area (Å²) in [4.78, 5) is 0.999. The summed E-state index contributed by atoms with van der Waals surface area (Å²) < 4.78 is 0. The van der Waals surface area contributed by atoms with E-state index in [9.17, 15) is 0 Å². The van der Waals surface area contributed by atoms with Crippen LogP contribution in [0, 0.1) is 35.3 Å². The van der Waals surface area contributed by atoms with Crippen molar-refractivity contribution in [1.82, 2.24) is 0 Å². The van der Waals surface area contributed by atoms with E-state index in [0.29, 0.717) is 0 Å². The molecule has 1 saturated carbocycles. The molecule has 0 N–H and O–H groups in total. The third-order valence-corrected chi connectivity index (χ3v) is 5.85. The van der Waals surface area contributed by atoms with Crippen LogP contribution in [0.1, 0.15) is 60.8 Å². The lowest BCUT2D eigenvalue weighted by Gasteiger charge is -2.26. The minimum Gasteiger partial charge on any atom is -0.185 e. The van der Waals surface area contributed by atoms with E-state index in [-0.39, 0.29) is 0 Å². The molecule has 0 atom stereocenters. The predicted molar refractivity (Wildman–Crippen MR) is 105 cm³/mol. The van der Waals surface area contributed by atoms with Crippen LogP contribution in [0.3, 0.4) is 0 Å². The Kier molecular flexibility index (Phi) is 5.85. The number of thioether (sulfide) groups is 1. The minimum absolute atomic E-state index is 0.728. The molecule has 25 heavy (non-hydrogen) atoms. The van der Waals surface area contributed by atoms with Crippen molar-refractivity contribution >= 4 is 11.8 Å². The van der Waals surface area contributed by atoms with Crippen molar-refractivity contribution < 1.29 is 0 Å². The molecule has 0 bridgehead atoms. The van der Waals surface area contributed by atoms with Crippen LogP contribution in [0.2, 0.25) is 0 Å². The van der Waals surface area contributed by atoms with Crippen LogP contribution in [0.15, 0.2) is 47.4 Å². The van der Waals surface area contributed by atoms with Crippen LogP contribution in [0.5, 0.6) is 0 Å². The summed E-state index contributed by atoms with van der Waals surface area (Å²) in [7, 11) is 0. The van der Waals surface area contributed by atoms with Gasteiger partial charge in [-0.05, 0) is 84.8 Å². The van der Waals surface area contributed by atoms with Gasteiger partial charge in [-0.15, -0.1) is 0 Å². The van der Waals surface area contributed by atoms with Gasteiger partial charge in [0, 0.05) is 16.0 Å². The first-order valence-electron chi connectivity index (χ1n) is 8.94. The fourth-order valence-corrected chi connectivity index (χ4v) is 3.92. The molecule has 0 saturated heterocycles. The molecule has 0 unspecified atom stereocenters. The van der Waals surface area contributed by atoms with Gasteiger partial charge in [0.1, 0.15) is 5.40 Å². The molecule has 3 rings (SSSR count). The second-order valence-electron chi connectivity index (χ2n) is 7.00. The van der Waals surface area contributed by atoms with Crippen LogP contribution >= 0.6 is 11.8 Å². The van der Waals surface area contributed by atoms with E-state index >= 15 is 0 Å². The summed E-state index contributed by atoms with van der Waals surface area (Å²) in [5, 5.41) is 10.9. The number of thiocyanates is 1. The third-order valence-electron chi connectivity index (χ3n) is 5.08. The molecule has 2 aromatic rings. The van der Waals surface area contributed by atoms with Crippen molar-refractivity contribution in [2.24, 2.45) is 5.92 Å². The lowest BCUT2D eigenvalue weighted by atomic mass is 9.79. The van der Waals surface area contributed by atoms with Crippen LogP contribution in [-0.4, -0.2) is 0 Å². The topological polar surface area (TPSA) is 23.8 Å². The van der Waals surface area contributed by atoms with Crippen molar-refractivity contribution in [3.63, 3.8) is 0 Å². The number of rotatable bonds is 2. The van der Waals surface area contributed by atoms with Crippen molar-refractivity contribution in [1.29, 1.82) is 5.26 Å². The summed E-state index contributed by atoms with van der Waals surface area (Å²) in [5.74, 6) is 8.11. The molecule has 1 fully saturated rings. The van der Waals surface area contributed by atoms with E-state index in [4.69, 9.17) is 5.26 Å². The molecule has 2 heteroatoms. The van der Waals surface area contributed by atoms with Crippen molar-refractivity contribution in [2.45, 2.75) is 50.3 Å². The number of hydrogen-bond donors (Lipinski definition) is 0. The van der Waals surface area contributed by atoms with Gasteiger partial charge in [0.05, 0.1) is 0 Å². The number of benzene rings is 2. The Bertz CT molecular complexity index is 825. The van der Waals surface area contributed by atoms with Gasteiger partial charge in [-0.1, -0.05) is 43.7 Å². The molecule has 2 aromatic carbocycles. The van der Waals surface area contributed by atoms with E-state index in [1.165, 1.54) is 43.0 Å². The first-order valence-corrected chi connectivity index (χ1v) is 9.76. The van der Waals surface area contributed by atoms with E-state index in [1.807, 2.05) is 25.1 Å². The van der Waals surface area contributed by atoms with Crippen LogP contribution in [0.25, 0.3) is 0 Å². The van der Waals surface area contributed by atoms with Gasteiger partial charge in [0.2, 0.25) is 0 Å². The molecule has 0 aromatic heterocycles. The predicted octanol–water partition coefficient (Wildman–Crippen LogP) is 6.26. The van der Waals surface area contributed by atoms with E-state index in [1.54, 1.807) is 0 Å². The Hall–Kier alpha value is -2.16. The van der Waals surface area contributed by atoms with Crippen LogP contribution in [0.4, 0.5) is 0 Å². The van der Waals surface area contributed by atoms with Crippen molar-refractivity contribution in [3.05, 3.63) is 64.7 Å². The maximum absolute atomic E-state index is 8.78. The fourth-order valence-electron chi connectivity index (χ4n) is 3.47. The smallest absolute Gasteiger partial charge is 0.138 e. The summed E-state index contributed by atoms with van der Waals surface area (Å²) in [6, 6.07) is 14.8. The van der Waals surface area contributed by atoms with Crippen LogP contribution < -0.4 is 0 Å². The van der Waals surface area contributed by atoms with Gasteiger partial charge < -0.3 is 0 Å². The molecule has 0 amide bonds. The molecule has 0 heterocycles. The standard InChI is InChI=1S/C23H23NS/c1-17-3-10-21(11-4-17)22-12-7-19(8-13-22)5-6-20-9-14-23(25-16-24)18(2)15-20/h7-9,12-15,17,21H,3-4,10-11H2,1-2H3. The SMILES string of the molecule is Cc1cc(C#Cc2ccc(C3CCC(C)CC3)cc2)ccc1SC#N. The molecule has 1 aliphatic carbocycles. The highest BCUT2D eigenvalue weighted by Crippen LogP contribution is 2.35. The lowest BCUT2D eigenvalue weighted by molar-refractivity contribution is 0.348. The highest BCUT2D eigenvalue weighted by Gasteiger charge is 2.19. The molecule has 1 nitrogen and oxygen atoms in total. The Morgan fingerprint density at radius 2 is 1.56 bits per heavy atom. The normalized spacial score (nSPS) is 19.6. The number of aryl methyl sites for hydroxylation is 1. The van der Waals surface area contributed by atoms with E-state index < -0.39 is 0 Å². The summed E-state index contributed by atoms with van der Waals surface area (Å²) in [5.41, 5.74) is 4.61. The molecule has 0 radical (unpaired) electrons. The molecular weight excluding hydrogens is 322 g/mol. The zero-order valence-electron chi connectivity index (χ0n) is 14.9. The van der Waals surface area contributed by atoms with Crippen molar-refractivity contribution in [3.8, 4) is 17.2 Å². The molecular formula is C23H23NS. The van der Waals surface area contributed by atoms with Gasteiger partial charge in [0.25, 0.3) is 0 Å². The summed E-state index contributed by atoms with van der Waals surface area (Å²) in [6.45, 7) is 4.38. The molecule has 126 valence electrons. The fraction of sp³-hybridized carbons (Fsp3) is 0.348. The summed E-state index contributed by atoms with van der Waals surface area (Å²) in [6.07, 6.45) is 5.34.